The summed E-state index contributed by atoms with van der Waals surface area (Å²) < 4.78 is 29.7. The molecule has 21 heavy (non-hydrogen) atoms. The van der Waals surface area contributed by atoms with Gasteiger partial charge >= 0.3 is 0 Å². The fourth-order valence-corrected chi connectivity index (χ4v) is 3.23. The van der Waals surface area contributed by atoms with E-state index in [1.165, 1.54) is 12.8 Å². The monoisotopic (exact) mass is 375 g/mol. The average molecular weight is 376 g/mol. The van der Waals surface area contributed by atoms with E-state index in [9.17, 15) is 8.42 Å². The van der Waals surface area contributed by atoms with E-state index in [0.717, 1.165) is 22.3 Å². The summed E-state index contributed by atoms with van der Waals surface area (Å²) in [5.41, 5.74) is 1.11. The molecule has 0 saturated heterocycles. The van der Waals surface area contributed by atoms with Crippen LogP contribution >= 0.6 is 15.9 Å². The number of hydrogen-bond donors (Lipinski definition) is 1. The number of sulfone groups is 1. The zero-order chi connectivity index (χ0) is 15.3. The molecule has 0 heterocycles. The van der Waals surface area contributed by atoms with Crippen molar-refractivity contribution in [1.29, 1.82) is 0 Å². The lowest BCUT2D eigenvalue weighted by molar-refractivity contribution is 0.313. The van der Waals surface area contributed by atoms with Gasteiger partial charge in [0.05, 0.1) is 12.4 Å². The third-order valence-corrected chi connectivity index (χ3v) is 5.76. The summed E-state index contributed by atoms with van der Waals surface area (Å²) in [7, 11) is -2.90. The molecule has 1 aromatic rings. The first-order chi connectivity index (χ1) is 10.00. The molecule has 0 aromatic heterocycles. The van der Waals surface area contributed by atoms with Crippen LogP contribution in [0, 0.1) is 0 Å². The number of benzene rings is 1. The summed E-state index contributed by atoms with van der Waals surface area (Å²) in [5, 5.41) is 3.47. The molecule has 0 amide bonds. The van der Waals surface area contributed by atoms with Crippen LogP contribution < -0.4 is 10.1 Å². The van der Waals surface area contributed by atoms with E-state index in [0.29, 0.717) is 19.1 Å². The van der Waals surface area contributed by atoms with Crippen LogP contribution in [-0.2, 0) is 16.4 Å². The first kappa shape index (κ1) is 16.8. The van der Waals surface area contributed by atoms with Gasteiger partial charge < -0.3 is 10.1 Å². The van der Waals surface area contributed by atoms with Crippen molar-refractivity contribution in [2.24, 2.45) is 0 Å². The Morgan fingerprint density at radius 2 is 2.14 bits per heavy atom. The van der Waals surface area contributed by atoms with Crippen LogP contribution in [0.25, 0.3) is 0 Å². The van der Waals surface area contributed by atoms with Crippen LogP contribution in [0.15, 0.2) is 22.7 Å². The van der Waals surface area contributed by atoms with Crippen LogP contribution in [0.3, 0.4) is 0 Å². The summed E-state index contributed by atoms with van der Waals surface area (Å²) >= 11 is 3.47. The molecule has 1 aromatic carbocycles. The molecule has 0 atom stereocenters. The van der Waals surface area contributed by atoms with Crippen LogP contribution in [0.4, 0.5) is 0 Å². The van der Waals surface area contributed by atoms with Crippen LogP contribution in [0.5, 0.6) is 5.75 Å². The van der Waals surface area contributed by atoms with Gasteiger partial charge in [-0.25, -0.2) is 8.42 Å². The Hall–Kier alpha value is -0.590. The fourth-order valence-electron chi connectivity index (χ4n) is 1.97. The molecule has 118 valence electrons. The largest absolute Gasteiger partial charge is 0.493 e. The Balaban J connectivity index is 1.86. The SMILES string of the molecule is CCS(=O)(=O)CCCOc1ccc(Br)cc1CNC1CC1. The molecule has 0 radical (unpaired) electrons. The highest BCUT2D eigenvalue weighted by Crippen LogP contribution is 2.25. The van der Waals surface area contributed by atoms with Gasteiger partial charge in [0.2, 0.25) is 0 Å². The maximum Gasteiger partial charge on any atom is 0.150 e. The van der Waals surface area contributed by atoms with Crippen molar-refractivity contribution in [3.63, 3.8) is 0 Å². The van der Waals surface area contributed by atoms with Crippen molar-refractivity contribution in [3.8, 4) is 5.75 Å². The number of ether oxygens (including phenoxy) is 1. The Morgan fingerprint density at radius 3 is 2.81 bits per heavy atom. The maximum absolute atomic E-state index is 11.4. The zero-order valence-electron chi connectivity index (χ0n) is 12.3. The predicted molar refractivity (Wildman–Crippen MR) is 88.4 cm³/mol. The summed E-state index contributed by atoms with van der Waals surface area (Å²) in [6.45, 7) is 2.89. The number of rotatable bonds is 9. The summed E-state index contributed by atoms with van der Waals surface area (Å²) in [4.78, 5) is 0. The van der Waals surface area contributed by atoms with Crippen molar-refractivity contribution in [3.05, 3.63) is 28.2 Å². The Morgan fingerprint density at radius 1 is 1.38 bits per heavy atom. The van der Waals surface area contributed by atoms with E-state index in [1.54, 1.807) is 6.92 Å². The summed E-state index contributed by atoms with van der Waals surface area (Å²) in [5.74, 6) is 1.22. The highest BCUT2D eigenvalue weighted by molar-refractivity contribution is 9.10. The molecule has 2 rings (SSSR count). The van der Waals surface area contributed by atoms with E-state index in [2.05, 4.69) is 21.2 Å². The second-order valence-electron chi connectivity index (χ2n) is 5.35. The van der Waals surface area contributed by atoms with Gasteiger partial charge in [-0.2, -0.15) is 0 Å². The molecule has 1 N–H and O–H groups in total. The van der Waals surface area contributed by atoms with Crippen molar-refractivity contribution in [2.45, 2.75) is 38.8 Å². The van der Waals surface area contributed by atoms with E-state index in [-0.39, 0.29) is 11.5 Å². The summed E-state index contributed by atoms with van der Waals surface area (Å²) in [6, 6.07) is 6.57. The fraction of sp³-hybridized carbons (Fsp3) is 0.600. The number of hydrogen-bond acceptors (Lipinski definition) is 4. The first-order valence-corrected chi connectivity index (χ1v) is 9.96. The average Bonchev–Trinajstić information content (AvgIpc) is 3.27. The lowest BCUT2D eigenvalue weighted by Gasteiger charge is -2.12. The molecule has 0 spiro atoms. The highest BCUT2D eigenvalue weighted by Gasteiger charge is 2.20. The molecule has 1 fully saturated rings. The molecule has 1 aliphatic rings. The smallest absolute Gasteiger partial charge is 0.150 e. The standard InChI is InChI=1S/C15H22BrNO3S/c1-2-21(18,19)9-3-8-20-15-7-4-13(16)10-12(15)11-17-14-5-6-14/h4,7,10,14,17H,2-3,5-6,8-9,11H2,1H3. The molecule has 0 unspecified atom stereocenters. The molecule has 6 heteroatoms. The van der Waals surface area contributed by atoms with Crippen LogP contribution in [-0.4, -0.2) is 32.6 Å². The van der Waals surface area contributed by atoms with Crippen molar-refractivity contribution in [1.82, 2.24) is 5.32 Å². The van der Waals surface area contributed by atoms with E-state index >= 15 is 0 Å². The van der Waals surface area contributed by atoms with Crippen LogP contribution in [0.2, 0.25) is 0 Å². The highest BCUT2D eigenvalue weighted by atomic mass is 79.9. The van der Waals surface area contributed by atoms with Gasteiger partial charge in [-0.1, -0.05) is 22.9 Å². The maximum atomic E-state index is 11.4. The Bertz CT molecular complexity index is 570. The zero-order valence-corrected chi connectivity index (χ0v) is 14.7. The molecule has 1 aliphatic carbocycles. The minimum absolute atomic E-state index is 0.190. The van der Waals surface area contributed by atoms with E-state index in [1.807, 2.05) is 18.2 Å². The van der Waals surface area contributed by atoms with Gasteiger partial charge in [-0.3, -0.25) is 0 Å². The van der Waals surface area contributed by atoms with Crippen molar-refractivity contribution < 1.29 is 13.2 Å². The predicted octanol–water partition coefficient (Wildman–Crippen LogP) is 2.90. The van der Waals surface area contributed by atoms with E-state index in [4.69, 9.17) is 4.74 Å². The lowest BCUT2D eigenvalue weighted by atomic mass is 10.2. The Kier molecular flexibility index (Phi) is 6.08. The molecule has 4 nitrogen and oxygen atoms in total. The normalized spacial score (nSPS) is 15.1. The quantitative estimate of drug-likeness (QED) is 0.674. The summed E-state index contributed by atoms with van der Waals surface area (Å²) in [6.07, 6.45) is 3.03. The van der Waals surface area contributed by atoms with Gasteiger partial charge in [-0.05, 0) is 37.5 Å². The van der Waals surface area contributed by atoms with Crippen molar-refractivity contribution in [2.75, 3.05) is 18.1 Å². The second-order valence-corrected chi connectivity index (χ2v) is 8.73. The third-order valence-electron chi connectivity index (χ3n) is 3.48. The van der Waals surface area contributed by atoms with Gasteiger partial charge in [0.15, 0.2) is 0 Å². The van der Waals surface area contributed by atoms with Crippen LogP contribution in [0.1, 0.15) is 31.7 Å². The van der Waals surface area contributed by atoms with Gasteiger partial charge in [0, 0.05) is 28.4 Å². The first-order valence-electron chi connectivity index (χ1n) is 7.35. The minimum Gasteiger partial charge on any atom is -0.493 e. The third kappa shape index (κ3) is 5.96. The molecular formula is C15H22BrNO3S. The van der Waals surface area contributed by atoms with Crippen molar-refractivity contribution >= 4 is 25.8 Å². The molecular weight excluding hydrogens is 354 g/mol. The topological polar surface area (TPSA) is 55.4 Å². The number of nitrogens with one attached hydrogen (secondary N) is 1. The van der Waals surface area contributed by atoms with Gasteiger partial charge in [-0.15, -0.1) is 0 Å². The second kappa shape index (κ2) is 7.61. The van der Waals surface area contributed by atoms with Gasteiger partial charge in [0.1, 0.15) is 15.6 Å². The molecule has 0 aliphatic heterocycles. The van der Waals surface area contributed by atoms with E-state index < -0.39 is 9.84 Å². The Labute approximate surface area is 135 Å². The molecule has 1 saturated carbocycles. The molecule has 0 bridgehead atoms. The lowest BCUT2D eigenvalue weighted by Crippen LogP contribution is -2.16. The number of halogens is 1. The van der Waals surface area contributed by atoms with Gasteiger partial charge in [0.25, 0.3) is 0 Å². The minimum atomic E-state index is -2.90.